The number of hydrogen-bond acceptors (Lipinski definition) is 3. The number of nitrogens with one attached hydrogen (secondary N) is 2. The van der Waals surface area contributed by atoms with Crippen molar-refractivity contribution in [1.29, 1.82) is 0 Å². The molecule has 1 amide bonds. The van der Waals surface area contributed by atoms with E-state index in [4.69, 9.17) is 4.74 Å². The lowest BCUT2D eigenvalue weighted by molar-refractivity contribution is -0.167. The predicted octanol–water partition coefficient (Wildman–Crippen LogP) is 1.42. The van der Waals surface area contributed by atoms with E-state index < -0.39 is 6.10 Å². The van der Waals surface area contributed by atoms with Gasteiger partial charge in [0.2, 0.25) is 0 Å². The molecule has 4 nitrogen and oxygen atoms in total. The molecule has 104 valence electrons. The predicted molar refractivity (Wildman–Crippen MR) is 75.4 cm³/mol. The summed E-state index contributed by atoms with van der Waals surface area (Å²) in [4.78, 5) is 12.0. The fourth-order valence-corrected chi connectivity index (χ4v) is 2.71. The largest absolute Gasteiger partial charge is 0.355 e. The second-order valence-electron chi connectivity index (χ2n) is 5.06. The molecule has 2 fully saturated rings. The van der Waals surface area contributed by atoms with Gasteiger partial charge in [0.15, 0.2) is 6.10 Å². The van der Waals surface area contributed by atoms with Gasteiger partial charge in [0.05, 0.1) is 5.60 Å². The molecule has 1 aromatic rings. The molecule has 2 aliphatic heterocycles. The third-order valence-electron chi connectivity index (χ3n) is 3.81. The fraction of sp³-hybridized carbons (Fsp3) is 0.500. The zero-order chi connectivity index (χ0) is 12.4. The summed E-state index contributed by atoms with van der Waals surface area (Å²) in [5, 5.41) is 6.33. The highest BCUT2D eigenvalue weighted by molar-refractivity contribution is 5.85. The van der Waals surface area contributed by atoms with Crippen molar-refractivity contribution in [2.75, 3.05) is 19.6 Å². The Morgan fingerprint density at radius 1 is 1.16 bits per heavy atom. The number of hydrogen-bond donors (Lipinski definition) is 2. The summed E-state index contributed by atoms with van der Waals surface area (Å²) in [6.07, 6.45) is 1.45. The van der Waals surface area contributed by atoms with Crippen molar-refractivity contribution in [3.05, 3.63) is 35.9 Å². The van der Waals surface area contributed by atoms with E-state index in [0.29, 0.717) is 6.54 Å². The van der Waals surface area contributed by atoms with Crippen molar-refractivity contribution in [1.82, 2.24) is 10.6 Å². The molecule has 0 bridgehead atoms. The third-order valence-corrected chi connectivity index (χ3v) is 3.81. The van der Waals surface area contributed by atoms with Crippen LogP contribution in [0.5, 0.6) is 0 Å². The van der Waals surface area contributed by atoms with Gasteiger partial charge in [-0.1, -0.05) is 30.3 Å². The first-order valence-corrected chi connectivity index (χ1v) is 6.50. The van der Waals surface area contributed by atoms with E-state index in [1.165, 1.54) is 0 Å². The Balaban J connectivity index is 0.00000133. The van der Waals surface area contributed by atoms with Gasteiger partial charge >= 0.3 is 0 Å². The van der Waals surface area contributed by atoms with Gasteiger partial charge in [-0.3, -0.25) is 4.79 Å². The van der Waals surface area contributed by atoms with Crippen molar-refractivity contribution in [2.24, 2.45) is 0 Å². The molecular weight excluding hydrogens is 264 g/mol. The molecule has 0 aliphatic carbocycles. The number of carbonyl (C=O) groups is 1. The average molecular weight is 283 g/mol. The van der Waals surface area contributed by atoms with Crippen LogP contribution in [0, 0.1) is 0 Å². The highest BCUT2D eigenvalue weighted by Crippen LogP contribution is 2.33. The number of halogens is 1. The average Bonchev–Trinajstić information content (AvgIpc) is 2.44. The molecule has 0 radical (unpaired) electrons. The maximum atomic E-state index is 12.0. The van der Waals surface area contributed by atoms with E-state index in [1.807, 2.05) is 30.3 Å². The van der Waals surface area contributed by atoms with Crippen molar-refractivity contribution < 1.29 is 9.53 Å². The van der Waals surface area contributed by atoms with E-state index in [2.05, 4.69) is 10.6 Å². The first-order valence-electron chi connectivity index (χ1n) is 6.50. The summed E-state index contributed by atoms with van der Waals surface area (Å²) in [5.74, 6) is -0.0228. The first kappa shape index (κ1) is 14.3. The maximum Gasteiger partial charge on any atom is 0.253 e. The molecule has 1 aromatic carbocycles. The van der Waals surface area contributed by atoms with Crippen LogP contribution >= 0.6 is 12.4 Å². The van der Waals surface area contributed by atoms with Gasteiger partial charge in [0.1, 0.15) is 0 Å². The van der Waals surface area contributed by atoms with Gasteiger partial charge in [-0.25, -0.2) is 0 Å². The molecule has 19 heavy (non-hydrogen) atoms. The molecule has 1 unspecified atom stereocenters. The minimum atomic E-state index is -0.460. The molecule has 2 N–H and O–H groups in total. The minimum Gasteiger partial charge on any atom is -0.355 e. The van der Waals surface area contributed by atoms with Gasteiger partial charge in [0.25, 0.3) is 5.91 Å². The van der Waals surface area contributed by atoms with Crippen molar-refractivity contribution in [3.8, 4) is 0 Å². The molecule has 0 saturated carbocycles. The molecule has 2 aliphatic rings. The lowest BCUT2D eigenvalue weighted by Crippen LogP contribution is -2.57. The minimum absolute atomic E-state index is 0. The Morgan fingerprint density at radius 3 is 2.53 bits per heavy atom. The summed E-state index contributed by atoms with van der Waals surface area (Å²) in [6.45, 7) is 2.55. The first-order chi connectivity index (χ1) is 8.79. The molecule has 2 saturated heterocycles. The number of amides is 1. The zero-order valence-electron chi connectivity index (χ0n) is 10.7. The Morgan fingerprint density at radius 2 is 1.84 bits per heavy atom. The molecule has 1 atom stereocenters. The molecule has 5 heteroatoms. The van der Waals surface area contributed by atoms with Crippen LogP contribution in [0.4, 0.5) is 0 Å². The summed E-state index contributed by atoms with van der Waals surface area (Å²) in [6, 6.07) is 9.73. The Bertz CT molecular complexity index is 432. The summed E-state index contributed by atoms with van der Waals surface area (Å²) in [7, 11) is 0. The second kappa shape index (κ2) is 5.90. The highest BCUT2D eigenvalue weighted by Gasteiger charge is 2.42. The third kappa shape index (κ3) is 2.91. The zero-order valence-corrected chi connectivity index (χ0v) is 11.5. The van der Waals surface area contributed by atoms with E-state index >= 15 is 0 Å². The van der Waals surface area contributed by atoms with Crippen molar-refractivity contribution >= 4 is 18.3 Å². The summed E-state index contributed by atoms with van der Waals surface area (Å²) >= 11 is 0. The van der Waals surface area contributed by atoms with Crippen molar-refractivity contribution in [2.45, 2.75) is 24.5 Å². The Kier molecular flexibility index (Phi) is 4.45. The number of morpholine rings is 1. The van der Waals surface area contributed by atoms with Gasteiger partial charge in [0, 0.05) is 6.54 Å². The van der Waals surface area contributed by atoms with E-state index in [-0.39, 0.29) is 23.9 Å². The van der Waals surface area contributed by atoms with Crippen LogP contribution in [0.1, 0.15) is 24.5 Å². The molecule has 3 rings (SSSR count). The Hall–Kier alpha value is -1.10. The molecule has 2 heterocycles. The Labute approximate surface area is 119 Å². The van der Waals surface area contributed by atoms with Crippen LogP contribution in [0.15, 0.2) is 30.3 Å². The monoisotopic (exact) mass is 282 g/mol. The summed E-state index contributed by atoms with van der Waals surface area (Å²) in [5.41, 5.74) is 0.757. The second-order valence-corrected chi connectivity index (χ2v) is 5.06. The van der Waals surface area contributed by atoms with Gasteiger partial charge < -0.3 is 15.4 Å². The standard InChI is InChI=1S/C14H18N2O2.ClH/c17-13-12(11-4-2-1-3-5-11)18-14(10-16-13)6-8-15-9-7-14;/h1-5,12,15H,6-10H2,(H,16,17);1H. The van der Waals surface area contributed by atoms with Crippen LogP contribution in [0.2, 0.25) is 0 Å². The number of rotatable bonds is 1. The van der Waals surface area contributed by atoms with Crippen LogP contribution in [0.3, 0.4) is 0 Å². The quantitative estimate of drug-likeness (QED) is 0.819. The number of benzene rings is 1. The lowest BCUT2D eigenvalue weighted by Gasteiger charge is -2.43. The van der Waals surface area contributed by atoms with Crippen LogP contribution < -0.4 is 10.6 Å². The van der Waals surface area contributed by atoms with Crippen LogP contribution in [-0.2, 0) is 9.53 Å². The topological polar surface area (TPSA) is 50.4 Å². The van der Waals surface area contributed by atoms with Crippen molar-refractivity contribution in [3.63, 3.8) is 0 Å². The number of piperidine rings is 1. The van der Waals surface area contributed by atoms with E-state index in [1.54, 1.807) is 0 Å². The van der Waals surface area contributed by atoms with Gasteiger partial charge in [-0.2, -0.15) is 0 Å². The highest BCUT2D eigenvalue weighted by atomic mass is 35.5. The number of carbonyl (C=O) groups excluding carboxylic acids is 1. The smallest absolute Gasteiger partial charge is 0.253 e. The van der Waals surface area contributed by atoms with Gasteiger partial charge in [-0.15, -0.1) is 12.4 Å². The van der Waals surface area contributed by atoms with Crippen LogP contribution in [0.25, 0.3) is 0 Å². The van der Waals surface area contributed by atoms with Gasteiger partial charge in [-0.05, 0) is 31.5 Å². The SMILES string of the molecule is Cl.O=C1NCC2(CCNCC2)OC1c1ccccc1. The number of ether oxygens (including phenoxy) is 1. The fourth-order valence-electron chi connectivity index (χ4n) is 2.71. The molecular formula is C14H19ClN2O2. The van der Waals surface area contributed by atoms with E-state index in [9.17, 15) is 4.79 Å². The van der Waals surface area contributed by atoms with E-state index in [0.717, 1.165) is 31.5 Å². The molecule has 0 aromatic heterocycles. The lowest BCUT2D eigenvalue weighted by atomic mass is 9.89. The molecule has 1 spiro atoms. The normalized spacial score (nSPS) is 25.5. The maximum absolute atomic E-state index is 12.0. The van der Waals surface area contributed by atoms with Crippen LogP contribution in [-0.4, -0.2) is 31.1 Å². The summed E-state index contributed by atoms with van der Waals surface area (Å²) < 4.78 is 6.16.